The average Bonchev–Trinajstić information content (AvgIpc) is 3.25. The zero-order chi connectivity index (χ0) is 18.8. The molecule has 7 heteroatoms. The molecule has 1 aromatic carbocycles. The number of pyridine rings is 1. The molecule has 27 heavy (non-hydrogen) atoms. The van der Waals surface area contributed by atoms with E-state index in [-0.39, 0.29) is 12.5 Å². The standard InChI is InChI=1S/C20H21F2N3O2/c21-16-5-3-14(11-17(16)22)18-13-25(9-10-27-18)20(26)15-4-6-19(23-12-15)24-7-1-2-8-24/h3-6,11-12,18H,1-2,7-10,13H2. The van der Waals surface area contributed by atoms with Crippen LogP contribution in [-0.2, 0) is 4.74 Å². The molecule has 142 valence electrons. The molecule has 0 radical (unpaired) electrons. The van der Waals surface area contributed by atoms with Crippen molar-refractivity contribution in [1.29, 1.82) is 0 Å². The van der Waals surface area contributed by atoms with Gasteiger partial charge in [0.15, 0.2) is 11.6 Å². The number of rotatable bonds is 3. The lowest BCUT2D eigenvalue weighted by molar-refractivity contribution is -0.0229. The first-order valence-corrected chi connectivity index (χ1v) is 9.18. The highest BCUT2D eigenvalue weighted by Crippen LogP contribution is 2.25. The Morgan fingerprint density at radius 3 is 2.59 bits per heavy atom. The summed E-state index contributed by atoms with van der Waals surface area (Å²) in [5.74, 6) is -1.05. The van der Waals surface area contributed by atoms with E-state index >= 15 is 0 Å². The smallest absolute Gasteiger partial charge is 0.255 e. The van der Waals surface area contributed by atoms with E-state index in [1.165, 1.54) is 18.9 Å². The molecular weight excluding hydrogens is 352 g/mol. The molecule has 0 saturated carbocycles. The van der Waals surface area contributed by atoms with E-state index in [4.69, 9.17) is 4.74 Å². The van der Waals surface area contributed by atoms with Gasteiger partial charge in [0.2, 0.25) is 0 Å². The van der Waals surface area contributed by atoms with Gasteiger partial charge in [-0.15, -0.1) is 0 Å². The van der Waals surface area contributed by atoms with Crippen LogP contribution in [0.3, 0.4) is 0 Å². The van der Waals surface area contributed by atoms with Gasteiger partial charge in [-0.2, -0.15) is 0 Å². The number of hydrogen-bond donors (Lipinski definition) is 0. The lowest BCUT2D eigenvalue weighted by Gasteiger charge is -2.33. The minimum atomic E-state index is -0.916. The average molecular weight is 373 g/mol. The van der Waals surface area contributed by atoms with Crippen molar-refractivity contribution >= 4 is 11.7 Å². The van der Waals surface area contributed by atoms with Crippen LogP contribution in [0.5, 0.6) is 0 Å². The topological polar surface area (TPSA) is 45.7 Å². The fourth-order valence-corrected chi connectivity index (χ4v) is 3.58. The third-order valence-corrected chi connectivity index (χ3v) is 5.09. The van der Waals surface area contributed by atoms with Gasteiger partial charge in [0.1, 0.15) is 11.9 Å². The van der Waals surface area contributed by atoms with E-state index < -0.39 is 17.7 Å². The van der Waals surface area contributed by atoms with Gasteiger partial charge < -0.3 is 14.5 Å². The van der Waals surface area contributed by atoms with E-state index in [1.54, 1.807) is 17.2 Å². The van der Waals surface area contributed by atoms with Crippen LogP contribution in [0, 0.1) is 11.6 Å². The highest BCUT2D eigenvalue weighted by atomic mass is 19.2. The Hall–Kier alpha value is -2.54. The second kappa shape index (κ2) is 7.60. The molecule has 3 heterocycles. The Bertz CT molecular complexity index is 822. The van der Waals surface area contributed by atoms with Crippen molar-refractivity contribution in [3.63, 3.8) is 0 Å². The van der Waals surface area contributed by atoms with E-state index in [1.807, 2.05) is 6.07 Å². The quantitative estimate of drug-likeness (QED) is 0.829. The van der Waals surface area contributed by atoms with Crippen LogP contribution in [-0.4, -0.2) is 48.6 Å². The molecule has 0 aliphatic carbocycles. The Balaban J connectivity index is 1.45. The monoisotopic (exact) mass is 373 g/mol. The molecule has 1 unspecified atom stereocenters. The Labute approximate surface area is 156 Å². The van der Waals surface area contributed by atoms with E-state index in [2.05, 4.69) is 9.88 Å². The van der Waals surface area contributed by atoms with Crippen LogP contribution in [0.25, 0.3) is 0 Å². The van der Waals surface area contributed by atoms with Gasteiger partial charge in [0, 0.05) is 25.8 Å². The normalized spacial score (nSPS) is 20.1. The molecule has 2 aromatic rings. The molecule has 2 saturated heterocycles. The number of morpholine rings is 1. The van der Waals surface area contributed by atoms with Crippen LogP contribution in [0.1, 0.15) is 34.9 Å². The van der Waals surface area contributed by atoms with Gasteiger partial charge in [-0.1, -0.05) is 6.07 Å². The second-order valence-corrected chi connectivity index (χ2v) is 6.88. The van der Waals surface area contributed by atoms with Gasteiger partial charge in [-0.05, 0) is 42.7 Å². The zero-order valence-corrected chi connectivity index (χ0v) is 14.9. The van der Waals surface area contributed by atoms with Crippen molar-refractivity contribution in [2.75, 3.05) is 37.7 Å². The summed E-state index contributed by atoms with van der Waals surface area (Å²) < 4.78 is 32.3. The summed E-state index contributed by atoms with van der Waals surface area (Å²) in [6.45, 7) is 3.08. The van der Waals surface area contributed by atoms with Crippen LogP contribution in [0.2, 0.25) is 0 Å². The maximum atomic E-state index is 13.5. The van der Waals surface area contributed by atoms with Crippen molar-refractivity contribution in [2.24, 2.45) is 0 Å². The highest BCUT2D eigenvalue weighted by Gasteiger charge is 2.27. The number of halogens is 2. The number of ether oxygens (including phenoxy) is 1. The Morgan fingerprint density at radius 1 is 1.07 bits per heavy atom. The maximum Gasteiger partial charge on any atom is 0.255 e. The predicted octanol–water partition coefficient (Wildman–Crippen LogP) is 3.17. The number of carbonyl (C=O) groups excluding carboxylic acids is 1. The summed E-state index contributed by atoms with van der Waals surface area (Å²) in [6.07, 6.45) is 3.47. The van der Waals surface area contributed by atoms with Crippen molar-refractivity contribution in [2.45, 2.75) is 18.9 Å². The zero-order valence-electron chi connectivity index (χ0n) is 14.9. The van der Waals surface area contributed by atoms with Gasteiger partial charge >= 0.3 is 0 Å². The van der Waals surface area contributed by atoms with Crippen LogP contribution in [0.15, 0.2) is 36.5 Å². The minimum absolute atomic E-state index is 0.133. The fraction of sp³-hybridized carbons (Fsp3) is 0.400. The molecule has 0 spiro atoms. The number of hydrogen-bond acceptors (Lipinski definition) is 4. The van der Waals surface area contributed by atoms with Gasteiger partial charge in [-0.25, -0.2) is 13.8 Å². The number of nitrogens with zero attached hydrogens (tertiary/aromatic N) is 3. The van der Waals surface area contributed by atoms with E-state index in [0.717, 1.165) is 31.0 Å². The van der Waals surface area contributed by atoms with Crippen molar-refractivity contribution in [3.8, 4) is 0 Å². The number of anilines is 1. The lowest BCUT2D eigenvalue weighted by atomic mass is 10.1. The summed E-state index contributed by atoms with van der Waals surface area (Å²) in [4.78, 5) is 21.1. The summed E-state index contributed by atoms with van der Waals surface area (Å²) >= 11 is 0. The molecule has 1 aromatic heterocycles. The Morgan fingerprint density at radius 2 is 1.89 bits per heavy atom. The summed E-state index contributed by atoms with van der Waals surface area (Å²) in [7, 11) is 0. The number of aromatic nitrogens is 1. The van der Waals surface area contributed by atoms with Crippen molar-refractivity contribution < 1.29 is 18.3 Å². The predicted molar refractivity (Wildman–Crippen MR) is 96.6 cm³/mol. The molecular formula is C20H21F2N3O2. The number of carbonyl (C=O) groups is 1. The summed E-state index contributed by atoms with van der Waals surface area (Å²) in [6, 6.07) is 7.37. The molecule has 2 aliphatic heterocycles. The van der Waals surface area contributed by atoms with Gasteiger partial charge in [-0.3, -0.25) is 4.79 Å². The Kier molecular flexibility index (Phi) is 5.03. The maximum absolute atomic E-state index is 13.5. The van der Waals surface area contributed by atoms with Crippen molar-refractivity contribution in [3.05, 3.63) is 59.3 Å². The molecule has 1 amide bonds. The molecule has 1 atom stereocenters. The third kappa shape index (κ3) is 3.78. The number of benzene rings is 1. The van der Waals surface area contributed by atoms with E-state index in [0.29, 0.717) is 24.3 Å². The highest BCUT2D eigenvalue weighted by molar-refractivity contribution is 5.94. The van der Waals surface area contributed by atoms with Crippen molar-refractivity contribution in [1.82, 2.24) is 9.88 Å². The fourth-order valence-electron chi connectivity index (χ4n) is 3.58. The summed E-state index contributed by atoms with van der Waals surface area (Å²) in [5, 5.41) is 0. The van der Waals surface area contributed by atoms with Crippen LogP contribution in [0.4, 0.5) is 14.6 Å². The van der Waals surface area contributed by atoms with Crippen LogP contribution < -0.4 is 4.90 Å². The first-order chi connectivity index (χ1) is 13.1. The molecule has 2 fully saturated rings. The SMILES string of the molecule is O=C(c1ccc(N2CCCC2)nc1)N1CCOC(c2ccc(F)c(F)c2)C1. The van der Waals surface area contributed by atoms with Gasteiger partial charge in [0.25, 0.3) is 5.91 Å². The minimum Gasteiger partial charge on any atom is -0.370 e. The first-order valence-electron chi connectivity index (χ1n) is 9.18. The largest absolute Gasteiger partial charge is 0.370 e. The molecule has 0 N–H and O–H groups in total. The van der Waals surface area contributed by atoms with E-state index in [9.17, 15) is 13.6 Å². The third-order valence-electron chi connectivity index (χ3n) is 5.09. The number of amides is 1. The molecule has 5 nitrogen and oxygen atoms in total. The molecule has 2 aliphatic rings. The van der Waals surface area contributed by atoms with Crippen LogP contribution >= 0.6 is 0 Å². The first kappa shape index (κ1) is 17.9. The molecule has 4 rings (SSSR count). The molecule has 0 bridgehead atoms. The second-order valence-electron chi connectivity index (χ2n) is 6.88. The summed E-state index contributed by atoms with van der Waals surface area (Å²) in [5.41, 5.74) is 1.04. The van der Waals surface area contributed by atoms with Gasteiger partial charge in [0.05, 0.1) is 18.7 Å². The lowest BCUT2D eigenvalue weighted by Crippen LogP contribution is -2.42.